The summed E-state index contributed by atoms with van der Waals surface area (Å²) in [5.74, 6) is 0.636. The highest BCUT2D eigenvalue weighted by atomic mass is 16.5. The van der Waals surface area contributed by atoms with E-state index in [1.165, 1.54) is 54.8 Å². The molecule has 0 radical (unpaired) electrons. The predicted octanol–water partition coefficient (Wildman–Crippen LogP) is 3.75. The summed E-state index contributed by atoms with van der Waals surface area (Å²) in [5, 5.41) is 0. The zero-order chi connectivity index (χ0) is 14.9. The van der Waals surface area contributed by atoms with E-state index in [1.807, 2.05) is 6.20 Å². The molecular formula is C18H23N3O. The first-order valence-corrected chi connectivity index (χ1v) is 8.42. The molecule has 1 fully saturated rings. The summed E-state index contributed by atoms with van der Waals surface area (Å²) in [4.78, 5) is 9.50. The number of methoxy groups -OCH3 is 1. The molecule has 2 aliphatic carbocycles. The van der Waals surface area contributed by atoms with Crippen molar-refractivity contribution in [3.63, 3.8) is 0 Å². The Morgan fingerprint density at radius 1 is 1.27 bits per heavy atom. The molecule has 2 heterocycles. The van der Waals surface area contributed by atoms with Crippen LogP contribution in [-0.4, -0.2) is 28.1 Å². The van der Waals surface area contributed by atoms with Gasteiger partial charge in [-0.15, -0.1) is 0 Å². The lowest BCUT2D eigenvalue weighted by Gasteiger charge is -2.19. The van der Waals surface area contributed by atoms with E-state index >= 15 is 0 Å². The summed E-state index contributed by atoms with van der Waals surface area (Å²) in [6, 6.07) is 0. The second-order valence-corrected chi connectivity index (χ2v) is 6.46. The fourth-order valence-electron chi connectivity index (χ4n) is 3.85. The number of rotatable bonds is 4. The van der Waals surface area contributed by atoms with Gasteiger partial charge in [0.25, 0.3) is 0 Å². The molecule has 2 aromatic rings. The van der Waals surface area contributed by atoms with E-state index in [0.717, 1.165) is 25.1 Å². The SMILES string of the molecule is COCCC1=CCc2ncc3nc(C4CCCCC4)cn3c21. The molecule has 0 bridgehead atoms. The third-order valence-corrected chi connectivity index (χ3v) is 5.05. The molecule has 4 rings (SSSR count). The third kappa shape index (κ3) is 2.35. The Morgan fingerprint density at radius 3 is 2.95 bits per heavy atom. The molecule has 0 N–H and O–H groups in total. The fraction of sp³-hybridized carbons (Fsp3) is 0.556. The number of ether oxygens (including phenoxy) is 1. The van der Waals surface area contributed by atoms with Crippen molar-refractivity contribution in [1.82, 2.24) is 14.4 Å². The molecule has 4 heteroatoms. The number of aromatic nitrogens is 3. The van der Waals surface area contributed by atoms with Crippen LogP contribution in [0.15, 0.2) is 18.5 Å². The van der Waals surface area contributed by atoms with Crippen LogP contribution >= 0.6 is 0 Å². The lowest BCUT2D eigenvalue weighted by molar-refractivity contribution is 0.206. The minimum absolute atomic E-state index is 0.636. The van der Waals surface area contributed by atoms with Gasteiger partial charge in [0.1, 0.15) is 0 Å². The molecule has 0 atom stereocenters. The summed E-state index contributed by atoms with van der Waals surface area (Å²) in [6.07, 6.45) is 15.0. The smallest absolute Gasteiger partial charge is 0.156 e. The first-order chi connectivity index (χ1) is 10.9. The topological polar surface area (TPSA) is 39.4 Å². The molecule has 2 aromatic heterocycles. The van der Waals surface area contributed by atoms with Gasteiger partial charge in [0.15, 0.2) is 5.65 Å². The molecule has 4 nitrogen and oxygen atoms in total. The number of nitrogens with zero attached hydrogens (tertiary/aromatic N) is 3. The van der Waals surface area contributed by atoms with Crippen molar-refractivity contribution in [3.05, 3.63) is 35.6 Å². The Morgan fingerprint density at radius 2 is 2.14 bits per heavy atom. The fourth-order valence-corrected chi connectivity index (χ4v) is 3.85. The van der Waals surface area contributed by atoms with Gasteiger partial charge >= 0.3 is 0 Å². The minimum atomic E-state index is 0.636. The third-order valence-electron chi connectivity index (χ3n) is 5.05. The van der Waals surface area contributed by atoms with Crippen LogP contribution in [0.4, 0.5) is 0 Å². The highest BCUT2D eigenvalue weighted by Gasteiger charge is 2.23. The van der Waals surface area contributed by atoms with Crippen molar-refractivity contribution >= 4 is 11.2 Å². The van der Waals surface area contributed by atoms with Crippen molar-refractivity contribution in [1.29, 1.82) is 0 Å². The maximum absolute atomic E-state index is 5.25. The van der Waals surface area contributed by atoms with Gasteiger partial charge in [0, 0.05) is 25.6 Å². The molecule has 0 aromatic carbocycles. The average molecular weight is 297 g/mol. The molecule has 2 aliphatic rings. The Labute approximate surface area is 131 Å². The van der Waals surface area contributed by atoms with Gasteiger partial charge in [-0.1, -0.05) is 25.3 Å². The van der Waals surface area contributed by atoms with Crippen molar-refractivity contribution in [3.8, 4) is 0 Å². The number of hydrogen-bond acceptors (Lipinski definition) is 3. The molecule has 0 unspecified atom stereocenters. The summed E-state index contributed by atoms with van der Waals surface area (Å²) in [5.41, 5.74) is 6.02. The highest BCUT2D eigenvalue weighted by Crippen LogP contribution is 2.34. The summed E-state index contributed by atoms with van der Waals surface area (Å²) >= 11 is 0. The summed E-state index contributed by atoms with van der Waals surface area (Å²) in [6.45, 7) is 0.756. The van der Waals surface area contributed by atoms with Crippen molar-refractivity contribution in [2.75, 3.05) is 13.7 Å². The van der Waals surface area contributed by atoms with Crippen molar-refractivity contribution in [2.45, 2.75) is 50.9 Å². The normalized spacial score (nSPS) is 18.7. The van der Waals surface area contributed by atoms with Gasteiger partial charge in [-0.3, -0.25) is 9.38 Å². The van der Waals surface area contributed by atoms with E-state index in [-0.39, 0.29) is 0 Å². The molecular weight excluding hydrogens is 274 g/mol. The minimum Gasteiger partial charge on any atom is -0.384 e. The maximum atomic E-state index is 5.25. The van der Waals surface area contributed by atoms with Crippen LogP contribution in [0.5, 0.6) is 0 Å². The van der Waals surface area contributed by atoms with Gasteiger partial charge in [0.2, 0.25) is 0 Å². The molecule has 0 spiro atoms. The first-order valence-electron chi connectivity index (χ1n) is 8.42. The van der Waals surface area contributed by atoms with E-state index in [9.17, 15) is 0 Å². The lowest BCUT2D eigenvalue weighted by atomic mass is 9.87. The van der Waals surface area contributed by atoms with Gasteiger partial charge in [-0.25, -0.2) is 4.98 Å². The van der Waals surface area contributed by atoms with E-state index in [0.29, 0.717) is 5.92 Å². The van der Waals surface area contributed by atoms with E-state index in [1.54, 1.807) is 7.11 Å². The lowest BCUT2D eigenvalue weighted by Crippen LogP contribution is -2.04. The van der Waals surface area contributed by atoms with Gasteiger partial charge < -0.3 is 4.74 Å². The molecule has 22 heavy (non-hydrogen) atoms. The molecule has 1 saturated carbocycles. The molecule has 0 saturated heterocycles. The van der Waals surface area contributed by atoms with Gasteiger partial charge in [0.05, 0.1) is 29.9 Å². The number of allylic oxidation sites excluding steroid dienone is 1. The second-order valence-electron chi connectivity index (χ2n) is 6.46. The van der Waals surface area contributed by atoms with E-state index in [2.05, 4.69) is 21.7 Å². The largest absolute Gasteiger partial charge is 0.384 e. The van der Waals surface area contributed by atoms with Crippen molar-refractivity contribution in [2.24, 2.45) is 0 Å². The summed E-state index contributed by atoms with van der Waals surface area (Å²) in [7, 11) is 1.76. The first kappa shape index (κ1) is 13.9. The predicted molar refractivity (Wildman–Crippen MR) is 87.0 cm³/mol. The Hall–Kier alpha value is -1.68. The van der Waals surface area contributed by atoms with Crippen LogP contribution < -0.4 is 0 Å². The Bertz CT molecular complexity index is 710. The molecule has 116 valence electrons. The van der Waals surface area contributed by atoms with Crippen LogP contribution in [0.1, 0.15) is 61.5 Å². The summed E-state index contributed by atoms with van der Waals surface area (Å²) < 4.78 is 7.51. The number of hydrogen-bond donors (Lipinski definition) is 0. The zero-order valence-electron chi connectivity index (χ0n) is 13.2. The van der Waals surface area contributed by atoms with Crippen LogP contribution in [0.2, 0.25) is 0 Å². The maximum Gasteiger partial charge on any atom is 0.156 e. The molecule has 0 amide bonds. The Kier molecular flexibility index (Phi) is 3.70. The average Bonchev–Trinajstić information content (AvgIpc) is 3.17. The highest BCUT2D eigenvalue weighted by molar-refractivity contribution is 5.71. The number of imidazole rings is 1. The van der Waals surface area contributed by atoms with Gasteiger partial charge in [-0.05, 0) is 24.8 Å². The van der Waals surface area contributed by atoms with Gasteiger partial charge in [-0.2, -0.15) is 0 Å². The van der Waals surface area contributed by atoms with E-state index in [4.69, 9.17) is 9.72 Å². The van der Waals surface area contributed by atoms with Crippen LogP contribution in [0.3, 0.4) is 0 Å². The molecule has 0 aliphatic heterocycles. The van der Waals surface area contributed by atoms with Crippen LogP contribution in [-0.2, 0) is 11.2 Å². The van der Waals surface area contributed by atoms with E-state index < -0.39 is 0 Å². The van der Waals surface area contributed by atoms with Crippen LogP contribution in [0.25, 0.3) is 11.2 Å². The zero-order valence-corrected chi connectivity index (χ0v) is 13.2. The Balaban J connectivity index is 1.72. The van der Waals surface area contributed by atoms with Crippen molar-refractivity contribution < 1.29 is 4.74 Å². The standard InChI is InChI=1S/C18H23N3O/c1-22-10-9-14-7-8-15-18(14)21-12-16(20-17(21)11-19-15)13-5-3-2-4-6-13/h7,11-13H,2-6,8-10H2,1H3. The number of fused-ring (bicyclic) bond motifs is 3. The second kappa shape index (κ2) is 5.84. The quantitative estimate of drug-likeness (QED) is 0.862. The monoisotopic (exact) mass is 297 g/mol. The van der Waals surface area contributed by atoms with Crippen LogP contribution in [0, 0.1) is 0 Å².